The summed E-state index contributed by atoms with van der Waals surface area (Å²) in [6.07, 6.45) is -1.04. The van der Waals surface area contributed by atoms with E-state index in [0.717, 1.165) is 0 Å². The van der Waals surface area contributed by atoms with Crippen LogP contribution >= 0.6 is 7.37 Å². The summed E-state index contributed by atoms with van der Waals surface area (Å²) in [5.41, 5.74) is 1.08. The van der Waals surface area contributed by atoms with E-state index in [-0.39, 0.29) is 17.4 Å². The molecule has 10 heteroatoms. The maximum absolute atomic E-state index is 15.1. The molecule has 2 bridgehead atoms. The Hall–Kier alpha value is -3.46. The molecule has 0 unspecified atom stereocenters. The van der Waals surface area contributed by atoms with Crippen LogP contribution in [0.4, 0.5) is 0 Å². The van der Waals surface area contributed by atoms with Gasteiger partial charge in [-0.25, -0.2) is 4.79 Å². The first-order chi connectivity index (χ1) is 21.9. The molecule has 2 aliphatic heterocycles. The number of hydrogen-bond acceptors (Lipinski definition) is 8. The summed E-state index contributed by atoms with van der Waals surface area (Å²) in [5, 5.41) is 0.929. The third-order valence-corrected chi connectivity index (χ3v) is 16.1. The fourth-order valence-corrected chi connectivity index (χ4v) is 8.99. The third-order valence-electron chi connectivity index (χ3n) is 9.29. The van der Waals surface area contributed by atoms with E-state index < -0.39 is 52.2 Å². The van der Waals surface area contributed by atoms with Crippen molar-refractivity contribution in [1.29, 1.82) is 0 Å². The number of esters is 1. The average molecular weight is 661 g/mol. The van der Waals surface area contributed by atoms with Gasteiger partial charge >= 0.3 is 13.3 Å². The predicted octanol–water partition coefficient (Wildman–Crippen LogP) is 6.72. The first kappa shape index (κ1) is 32.5. The summed E-state index contributed by atoms with van der Waals surface area (Å²) in [6, 6.07) is 27.1. The zero-order valence-corrected chi connectivity index (χ0v) is 28.9. The van der Waals surface area contributed by atoms with E-state index in [1.54, 1.807) is 55.6 Å². The fourth-order valence-electron chi connectivity index (χ4n) is 5.81. The SMILES string of the molecule is CO[C@@H]1C=C(O[Si](C)(C)C(C)(C)C)[C@H](OC(=O)c2ccccc2)[C@H]2C1=C(OP(=O)(c1ccccc1)c1ccccc1)[C@@H]1OC[C@H]2O1. The molecular weight excluding hydrogens is 619 g/mol. The Morgan fingerprint density at radius 1 is 0.891 bits per heavy atom. The highest BCUT2D eigenvalue weighted by molar-refractivity contribution is 7.74. The summed E-state index contributed by atoms with van der Waals surface area (Å²) in [7, 11) is -4.52. The van der Waals surface area contributed by atoms with Crippen molar-refractivity contribution in [2.75, 3.05) is 13.7 Å². The molecule has 0 aromatic heterocycles. The number of methoxy groups -OCH3 is 1. The van der Waals surface area contributed by atoms with Crippen LogP contribution in [0.25, 0.3) is 0 Å². The summed E-state index contributed by atoms with van der Waals surface area (Å²) in [4.78, 5) is 13.6. The van der Waals surface area contributed by atoms with Gasteiger partial charge in [0.2, 0.25) is 14.6 Å². The molecule has 6 rings (SSSR count). The zero-order valence-electron chi connectivity index (χ0n) is 27.0. The highest BCUT2D eigenvalue weighted by Gasteiger charge is 2.56. The molecule has 1 saturated heterocycles. The Balaban J connectivity index is 1.51. The van der Waals surface area contributed by atoms with Gasteiger partial charge in [0, 0.05) is 12.7 Å². The maximum atomic E-state index is 15.1. The van der Waals surface area contributed by atoms with Gasteiger partial charge in [-0.2, -0.15) is 0 Å². The highest BCUT2D eigenvalue weighted by Crippen LogP contribution is 2.54. The van der Waals surface area contributed by atoms with Crippen LogP contribution in [0, 0.1) is 5.92 Å². The molecule has 2 heterocycles. The molecule has 5 atom stereocenters. The van der Waals surface area contributed by atoms with Gasteiger partial charge in [0.05, 0.1) is 34.8 Å². The van der Waals surface area contributed by atoms with Crippen molar-refractivity contribution >= 4 is 32.3 Å². The van der Waals surface area contributed by atoms with Crippen LogP contribution in [-0.2, 0) is 32.5 Å². The monoisotopic (exact) mass is 660 g/mol. The number of carbonyl (C=O) groups is 1. The number of ether oxygens (including phenoxy) is 4. The van der Waals surface area contributed by atoms with Crippen molar-refractivity contribution in [3.63, 3.8) is 0 Å². The van der Waals surface area contributed by atoms with E-state index in [9.17, 15) is 4.79 Å². The minimum atomic E-state index is -3.72. The number of rotatable bonds is 9. The number of fused-ring (bicyclic) bond motifs is 4. The van der Waals surface area contributed by atoms with Crippen molar-refractivity contribution in [3.8, 4) is 0 Å². The minimum Gasteiger partial charge on any atom is -0.544 e. The van der Waals surface area contributed by atoms with Crippen LogP contribution in [0.2, 0.25) is 18.1 Å². The molecule has 0 spiro atoms. The van der Waals surface area contributed by atoms with Crippen LogP contribution in [0.15, 0.2) is 114 Å². The van der Waals surface area contributed by atoms with Crippen LogP contribution in [0.3, 0.4) is 0 Å². The van der Waals surface area contributed by atoms with E-state index in [1.165, 1.54) is 0 Å². The molecule has 3 aromatic carbocycles. The lowest BCUT2D eigenvalue weighted by Crippen LogP contribution is -2.51. The second-order valence-electron chi connectivity index (χ2n) is 13.3. The lowest BCUT2D eigenvalue weighted by Gasteiger charge is -2.45. The van der Waals surface area contributed by atoms with E-state index in [0.29, 0.717) is 27.5 Å². The second-order valence-corrected chi connectivity index (χ2v) is 20.3. The predicted molar refractivity (Wildman–Crippen MR) is 179 cm³/mol. The lowest BCUT2D eigenvalue weighted by molar-refractivity contribution is -0.0938. The Morgan fingerprint density at radius 2 is 1.46 bits per heavy atom. The van der Waals surface area contributed by atoms with Gasteiger partial charge in [0.1, 0.15) is 11.9 Å². The zero-order chi connectivity index (χ0) is 32.7. The van der Waals surface area contributed by atoms with E-state index in [2.05, 4.69) is 33.9 Å². The minimum absolute atomic E-state index is 0.128. The quantitative estimate of drug-likeness (QED) is 0.142. The summed E-state index contributed by atoms with van der Waals surface area (Å²) in [6.45, 7) is 11.0. The molecule has 3 aliphatic rings. The average Bonchev–Trinajstić information content (AvgIpc) is 3.49. The van der Waals surface area contributed by atoms with Gasteiger partial charge in [-0.3, -0.25) is 4.57 Å². The molecule has 0 radical (unpaired) electrons. The standard InChI is InChI=1S/C36H41O8PSi/c1-36(2,3)46(5,6)44-28-22-27(39-4)30-31(32(28)42-34(37)24-16-10-7-11-17-24)29-23-40-35(41-29)33(30)43-45(38,25-18-12-8-13-19-25)26-20-14-9-15-21-26/h7-22,27,29,31-32,35H,23H2,1-6H3/t27-,29-,31-,32+,35-/m1/s1. The number of carbonyl (C=O) groups excluding carboxylic acids is 1. The number of hydrogen-bond donors (Lipinski definition) is 0. The Kier molecular flexibility index (Phi) is 8.91. The fraction of sp³-hybridized carbons (Fsp3) is 0.361. The normalized spacial score (nSPS) is 24.6. The molecule has 0 amide bonds. The van der Waals surface area contributed by atoms with Crippen LogP contribution in [-0.4, -0.2) is 52.6 Å². The smallest absolute Gasteiger partial charge is 0.338 e. The van der Waals surface area contributed by atoms with Crippen LogP contribution < -0.4 is 10.6 Å². The molecule has 8 nitrogen and oxygen atoms in total. The van der Waals surface area contributed by atoms with Crippen molar-refractivity contribution in [3.05, 3.63) is 120 Å². The Bertz CT molecular complexity index is 1620. The third kappa shape index (κ3) is 6.03. The first-order valence-corrected chi connectivity index (χ1v) is 20.1. The molecular formula is C36H41O8PSi. The first-order valence-electron chi connectivity index (χ1n) is 15.5. The Morgan fingerprint density at radius 3 is 2.00 bits per heavy atom. The number of benzene rings is 3. The van der Waals surface area contributed by atoms with Crippen molar-refractivity contribution < 1.29 is 37.3 Å². The molecule has 242 valence electrons. The molecule has 1 aliphatic carbocycles. The summed E-state index contributed by atoms with van der Waals surface area (Å²) in [5.74, 6) is -0.298. The topological polar surface area (TPSA) is 89.5 Å². The van der Waals surface area contributed by atoms with E-state index in [4.69, 9.17) is 27.9 Å². The van der Waals surface area contributed by atoms with Gasteiger partial charge < -0.3 is 27.9 Å². The van der Waals surface area contributed by atoms with Crippen LogP contribution in [0.1, 0.15) is 31.1 Å². The molecule has 0 N–H and O–H groups in total. The molecule has 0 saturated carbocycles. The molecule has 46 heavy (non-hydrogen) atoms. The van der Waals surface area contributed by atoms with Gasteiger partial charge in [0.25, 0.3) is 0 Å². The summed E-state index contributed by atoms with van der Waals surface area (Å²) >= 11 is 0. The lowest BCUT2D eigenvalue weighted by atomic mass is 9.78. The van der Waals surface area contributed by atoms with E-state index >= 15 is 4.57 Å². The summed E-state index contributed by atoms with van der Waals surface area (Å²) < 4.78 is 53.7. The largest absolute Gasteiger partial charge is 0.544 e. The van der Waals surface area contributed by atoms with Gasteiger partial charge in [-0.15, -0.1) is 0 Å². The highest BCUT2D eigenvalue weighted by atomic mass is 31.2. The van der Waals surface area contributed by atoms with Crippen molar-refractivity contribution in [2.45, 2.75) is 63.5 Å². The molecule has 3 aromatic rings. The van der Waals surface area contributed by atoms with E-state index in [1.807, 2.05) is 48.5 Å². The van der Waals surface area contributed by atoms with Gasteiger partial charge in [-0.05, 0) is 60.6 Å². The van der Waals surface area contributed by atoms with Crippen molar-refractivity contribution in [1.82, 2.24) is 0 Å². The van der Waals surface area contributed by atoms with Gasteiger partial charge in [-0.1, -0.05) is 75.4 Å². The van der Waals surface area contributed by atoms with Crippen molar-refractivity contribution in [2.24, 2.45) is 5.92 Å². The second kappa shape index (κ2) is 12.6. The van der Waals surface area contributed by atoms with Gasteiger partial charge in [0.15, 0.2) is 11.9 Å². The Labute approximate surface area is 271 Å². The maximum Gasteiger partial charge on any atom is 0.338 e. The molecule has 1 fully saturated rings. The van der Waals surface area contributed by atoms with Crippen LogP contribution in [0.5, 0.6) is 0 Å².